The van der Waals surface area contributed by atoms with E-state index in [1.807, 2.05) is 12.1 Å². The highest BCUT2D eigenvalue weighted by Gasteiger charge is 2.38. The van der Waals surface area contributed by atoms with Crippen LogP contribution in [0.25, 0.3) is 0 Å². The fourth-order valence-electron chi connectivity index (χ4n) is 3.41. The number of rotatable bonds is 5. The highest BCUT2D eigenvalue weighted by atomic mass is 16.5. The van der Waals surface area contributed by atoms with E-state index in [1.165, 1.54) is 11.1 Å². The fraction of sp³-hybridized carbons (Fsp3) is 0.579. The third-order valence-electron chi connectivity index (χ3n) is 4.96. The second-order valence-electron chi connectivity index (χ2n) is 6.60. The van der Waals surface area contributed by atoms with Gasteiger partial charge < -0.3 is 14.2 Å². The van der Waals surface area contributed by atoms with E-state index in [2.05, 4.69) is 32.9 Å². The summed E-state index contributed by atoms with van der Waals surface area (Å²) in [6, 6.07) is 6.03. The molecule has 0 saturated carbocycles. The lowest BCUT2D eigenvalue weighted by Gasteiger charge is -2.41. The van der Waals surface area contributed by atoms with Crippen LogP contribution in [-0.4, -0.2) is 26.9 Å². The molecule has 0 unspecified atom stereocenters. The van der Waals surface area contributed by atoms with Crippen molar-refractivity contribution in [1.82, 2.24) is 0 Å². The molecule has 0 radical (unpaired) electrons. The zero-order chi connectivity index (χ0) is 16.3. The van der Waals surface area contributed by atoms with Gasteiger partial charge in [-0.1, -0.05) is 11.6 Å². The van der Waals surface area contributed by atoms with Crippen molar-refractivity contribution < 1.29 is 14.2 Å². The summed E-state index contributed by atoms with van der Waals surface area (Å²) in [7, 11) is 5.22. The van der Waals surface area contributed by atoms with Crippen LogP contribution < -0.4 is 9.47 Å². The minimum Gasteiger partial charge on any atom is -0.497 e. The van der Waals surface area contributed by atoms with E-state index in [0.29, 0.717) is 5.92 Å². The van der Waals surface area contributed by atoms with Crippen molar-refractivity contribution in [3.05, 3.63) is 35.4 Å². The molecule has 122 valence electrons. The molecule has 3 heteroatoms. The van der Waals surface area contributed by atoms with E-state index in [-0.39, 0.29) is 11.5 Å². The lowest BCUT2D eigenvalue weighted by Crippen LogP contribution is -2.38. The third-order valence-corrected chi connectivity index (χ3v) is 4.96. The number of methoxy groups -OCH3 is 3. The van der Waals surface area contributed by atoms with Crippen LogP contribution in [0.4, 0.5) is 0 Å². The predicted octanol–water partition coefficient (Wildman–Crippen LogP) is 4.57. The van der Waals surface area contributed by atoms with Crippen LogP contribution in [0.5, 0.6) is 11.5 Å². The van der Waals surface area contributed by atoms with E-state index in [9.17, 15) is 0 Å². The lowest BCUT2D eigenvalue weighted by molar-refractivity contribution is -0.0375. The van der Waals surface area contributed by atoms with Gasteiger partial charge in [0.25, 0.3) is 0 Å². The van der Waals surface area contributed by atoms with Crippen LogP contribution in [0, 0.1) is 5.92 Å². The molecule has 0 aromatic heterocycles. The topological polar surface area (TPSA) is 27.7 Å². The van der Waals surface area contributed by atoms with E-state index in [1.54, 1.807) is 21.3 Å². The molecule has 22 heavy (non-hydrogen) atoms. The van der Waals surface area contributed by atoms with Gasteiger partial charge in [0.05, 0.1) is 19.8 Å². The van der Waals surface area contributed by atoms with Crippen molar-refractivity contribution >= 4 is 0 Å². The first kappa shape index (κ1) is 16.9. The van der Waals surface area contributed by atoms with E-state index in [0.717, 1.165) is 24.3 Å². The second kappa shape index (κ2) is 6.74. The molecule has 0 spiro atoms. The molecule has 0 bridgehead atoms. The molecule has 1 aromatic rings. The van der Waals surface area contributed by atoms with Gasteiger partial charge in [-0.15, -0.1) is 0 Å². The molecule has 0 heterocycles. The van der Waals surface area contributed by atoms with Crippen molar-refractivity contribution in [2.45, 2.75) is 45.1 Å². The summed E-state index contributed by atoms with van der Waals surface area (Å²) in [5.41, 5.74) is 2.42. The Morgan fingerprint density at radius 3 is 2.41 bits per heavy atom. The highest BCUT2D eigenvalue weighted by Crippen LogP contribution is 2.46. The maximum absolute atomic E-state index is 5.79. The Labute approximate surface area is 134 Å². The molecule has 0 saturated heterocycles. The van der Waals surface area contributed by atoms with Crippen LogP contribution in [0.1, 0.15) is 45.1 Å². The quantitative estimate of drug-likeness (QED) is 0.746. The molecule has 0 aliphatic heterocycles. The molecular weight excluding hydrogens is 276 g/mol. The summed E-state index contributed by atoms with van der Waals surface area (Å²) < 4.78 is 16.8. The summed E-state index contributed by atoms with van der Waals surface area (Å²) in [6.45, 7) is 6.55. The summed E-state index contributed by atoms with van der Waals surface area (Å²) in [6.07, 6.45) is 4.61. The maximum atomic E-state index is 5.79. The van der Waals surface area contributed by atoms with E-state index in [4.69, 9.17) is 14.2 Å². The van der Waals surface area contributed by atoms with Gasteiger partial charge in [-0.3, -0.25) is 0 Å². The Morgan fingerprint density at radius 1 is 1.09 bits per heavy atom. The maximum Gasteiger partial charge on any atom is 0.122 e. The lowest BCUT2D eigenvalue weighted by atomic mass is 9.70. The van der Waals surface area contributed by atoms with Gasteiger partial charge >= 0.3 is 0 Å². The van der Waals surface area contributed by atoms with Crippen molar-refractivity contribution in [3.63, 3.8) is 0 Å². The molecule has 0 fully saturated rings. The number of benzene rings is 1. The molecule has 2 rings (SSSR count). The summed E-state index contributed by atoms with van der Waals surface area (Å²) in [4.78, 5) is 0. The summed E-state index contributed by atoms with van der Waals surface area (Å²) >= 11 is 0. The monoisotopic (exact) mass is 304 g/mol. The van der Waals surface area contributed by atoms with Gasteiger partial charge in [0.2, 0.25) is 0 Å². The summed E-state index contributed by atoms with van der Waals surface area (Å²) in [5.74, 6) is 2.45. The standard InChI is InChI=1S/C19H28O3/c1-13-7-9-17(19(2,3)22-6)15(11-13)16-12-14(20-4)8-10-18(16)21-5/h8,10-12,15,17H,7,9H2,1-6H3/t15-,17-/m0/s1. The van der Waals surface area contributed by atoms with Crippen LogP contribution in [0.15, 0.2) is 29.8 Å². The van der Waals surface area contributed by atoms with Crippen molar-refractivity contribution in [3.8, 4) is 11.5 Å². The van der Waals surface area contributed by atoms with E-state index < -0.39 is 0 Å². The largest absolute Gasteiger partial charge is 0.497 e. The zero-order valence-electron chi connectivity index (χ0n) is 14.6. The number of hydrogen-bond acceptors (Lipinski definition) is 3. The first-order valence-electron chi connectivity index (χ1n) is 7.87. The molecule has 1 aliphatic rings. The Bertz CT molecular complexity index is 546. The second-order valence-corrected chi connectivity index (χ2v) is 6.60. The number of hydrogen-bond donors (Lipinski definition) is 0. The van der Waals surface area contributed by atoms with Gasteiger partial charge in [-0.2, -0.15) is 0 Å². The van der Waals surface area contributed by atoms with Crippen LogP contribution in [0.3, 0.4) is 0 Å². The van der Waals surface area contributed by atoms with Gasteiger partial charge in [0.15, 0.2) is 0 Å². The van der Waals surface area contributed by atoms with Gasteiger partial charge in [0, 0.05) is 18.6 Å². The molecule has 0 amide bonds. The van der Waals surface area contributed by atoms with Crippen molar-refractivity contribution in [2.24, 2.45) is 5.92 Å². The molecule has 3 nitrogen and oxygen atoms in total. The average molecular weight is 304 g/mol. The minimum atomic E-state index is -0.185. The Kier molecular flexibility index (Phi) is 5.17. The van der Waals surface area contributed by atoms with Crippen molar-refractivity contribution in [2.75, 3.05) is 21.3 Å². The molecule has 2 atom stereocenters. The first-order chi connectivity index (χ1) is 10.4. The first-order valence-corrected chi connectivity index (χ1v) is 7.87. The van der Waals surface area contributed by atoms with Gasteiger partial charge in [0.1, 0.15) is 11.5 Å². The zero-order valence-corrected chi connectivity index (χ0v) is 14.6. The Morgan fingerprint density at radius 2 is 1.82 bits per heavy atom. The molecule has 1 aliphatic carbocycles. The average Bonchev–Trinajstić information content (AvgIpc) is 2.53. The highest BCUT2D eigenvalue weighted by molar-refractivity contribution is 5.45. The Hall–Kier alpha value is -1.48. The van der Waals surface area contributed by atoms with Crippen molar-refractivity contribution in [1.29, 1.82) is 0 Å². The predicted molar refractivity (Wildman–Crippen MR) is 89.9 cm³/mol. The minimum absolute atomic E-state index is 0.185. The smallest absolute Gasteiger partial charge is 0.122 e. The number of allylic oxidation sites excluding steroid dienone is 2. The number of ether oxygens (including phenoxy) is 3. The molecule has 1 aromatic carbocycles. The third kappa shape index (κ3) is 3.30. The molecular formula is C19H28O3. The van der Waals surface area contributed by atoms with Gasteiger partial charge in [-0.05, 0) is 57.7 Å². The van der Waals surface area contributed by atoms with Crippen LogP contribution in [-0.2, 0) is 4.74 Å². The van der Waals surface area contributed by atoms with Crippen LogP contribution >= 0.6 is 0 Å². The normalized spacial score (nSPS) is 22.2. The Balaban J connectivity index is 2.52. The summed E-state index contributed by atoms with van der Waals surface area (Å²) in [5, 5.41) is 0. The van der Waals surface area contributed by atoms with Crippen LogP contribution in [0.2, 0.25) is 0 Å². The fourth-order valence-corrected chi connectivity index (χ4v) is 3.41. The van der Waals surface area contributed by atoms with E-state index >= 15 is 0 Å². The SMILES string of the molecule is COc1ccc(OC)c([C@@H]2C=C(C)CC[C@@H]2C(C)(C)OC)c1. The van der Waals surface area contributed by atoms with Gasteiger partial charge in [-0.25, -0.2) is 0 Å². The molecule has 0 N–H and O–H groups in total.